The molecule has 2 aromatic rings. The summed E-state index contributed by atoms with van der Waals surface area (Å²) < 4.78 is 30.8. The van der Waals surface area contributed by atoms with Crippen molar-refractivity contribution in [3.63, 3.8) is 0 Å². The number of hydrogen-bond acceptors (Lipinski definition) is 5. The minimum atomic E-state index is -0.610. The van der Waals surface area contributed by atoms with Crippen molar-refractivity contribution in [2.75, 3.05) is 0 Å². The van der Waals surface area contributed by atoms with Gasteiger partial charge in [0.15, 0.2) is 0 Å². The molecular weight excluding hydrogens is 258 g/mol. The van der Waals surface area contributed by atoms with Gasteiger partial charge in [0, 0.05) is 6.92 Å². The Kier molecular flexibility index (Phi) is 5.07. The van der Waals surface area contributed by atoms with Gasteiger partial charge in [-0.05, 0) is 18.2 Å². The predicted octanol–water partition coefficient (Wildman–Crippen LogP) is 0.965. The first-order valence-corrected chi connectivity index (χ1v) is 5.18. The zero-order valence-electron chi connectivity index (χ0n) is 10.1. The molecule has 8 heteroatoms. The van der Waals surface area contributed by atoms with Crippen LogP contribution in [0.5, 0.6) is 0 Å². The van der Waals surface area contributed by atoms with Crippen molar-refractivity contribution in [2.45, 2.75) is 13.5 Å². The van der Waals surface area contributed by atoms with Gasteiger partial charge in [0.05, 0.1) is 12.1 Å². The Morgan fingerprint density at radius 1 is 1.42 bits per heavy atom. The summed E-state index contributed by atoms with van der Waals surface area (Å²) in [5.74, 6) is -1.34. The fourth-order valence-corrected chi connectivity index (χ4v) is 1.12. The lowest BCUT2D eigenvalue weighted by molar-refractivity contribution is -0.115. The summed E-state index contributed by atoms with van der Waals surface area (Å²) >= 11 is 0. The normalized spacial score (nSPS) is 9.68. The van der Waals surface area contributed by atoms with Crippen molar-refractivity contribution in [1.29, 1.82) is 0 Å². The molecule has 0 unspecified atom stereocenters. The second kappa shape index (κ2) is 6.55. The molecule has 0 aliphatic heterocycles. The third kappa shape index (κ3) is 4.43. The second-order valence-corrected chi connectivity index (χ2v) is 3.45. The molecule has 0 saturated carbocycles. The average molecular weight is 270 g/mol. The van der Waals surface area contributed by atoms with E-state index < -0.39 is 11.6 Å². The lowest BCUT2D eigenvalue weighted by Crippen LogP contribution is -2.01. The van der Waals surface area contributed by atoms with E-state index in [0.717, 1.165) is 18.2 Å². The monoisotopic (exact) mass is 270 g/mol. The quantitative estimate of drug-likeness (QED) is 0.845. The van der Waals surface area contributed by atoms with Gasteiger partial charge in [0.25, 0.3) is 0 Å². The third-order valence-electron chi connectivity index (χ3n) is 1.81. The summed E-state index contributed by atoms with van der Waals surface area (Å²) in [6, 6.07) is 3.02. The number of benzene rings is 1. The van der Waals surface area contributed by atoms with Crippen molar-refractivity contribution >= 4 is 5.91 Å². The molecule has 0 spiro atoms. The summed E-state index contributed by atoms with van der Waals surface area (Å²) in [6.45, 7) is 1.37. The van der Waals surface area contributed by atoms with E-state index in [9.17, 15) is 13.6 Å². The number of halogens is 2. The fraction of sp³-hybridized carbons (Fsp3) is 0.182. The molecule has 2 rings (SSSR count). The Bertz CT molecular complexity index is 568. The van der Waals surface area contributed by atoms with Gasteiger partial charge in [-0.3, -0.25) is 4.79 Å². The third-order valence-corrected chi connectivity index (χ3v) is 1.81. The summed E-state index contributed by atoms with van der Waals surface area (Å²) in [7, 11) is 0. The van der Waals surface area contributed by atoms with Gasteiger partial charge in [0.1, 0.15) is 11.6 Å². The SMILES string of the molecule is CC(N)=O.NCc1nc(-c2cc(F)ccc2F)no1. The second-order valence-electron chi connectivity index (χ2n) is 3.45. The molecule has 0 fully saturated rings. The van der Waals surface area contributed by atoms with Crippen LogP contribution >= 0.6 is 0 Å². The summed E-state index contributed by atoms with van der Waals surface area (Å²) in [5, 5.41) is 3.49. The highest BCUT2D eigenvalue weighted by atomic mass is 19.1. The van der Waals surface area contributed by atoms with Gasteiger partial charge in [0.2, 0.25) is 17.6 Å². The lowest BCUT2D eigenvalue weighted by Gasteiger charge is -1.96. The minimum absolute atomic E-state index is 0.00699. The largest absolute Gasteiger partial charge is 0.370 e. The van der Waals surface area contributed by atoms with Gasteiger partial charge in [-0.25, -0.2) is 8.78 Å². The number of aromatic nitrogens is 2. The Morgan fingerprint density at radius 3 is 2.58 bits per heavy atom. The number of primary amides is 1. The first-order chi connectivity index (χ1) is 8.93. The summed E-state index contributed by atoms with van der Waals surface area (Å²) in [6.07, 6.45) is 0. The van der Waals surface area contributed by atoms with E-state index in [1.54, 1.807) is 0 Å². The molecule has 0 radical (unpaired) electrons. The van der Waals surface area contributed by atoms with Crippen molar-refractivity contribution in [1.82, 2.24) is 10.1 Å². The molecule has 6 nitrogen and oxygen atoms in total. The molecule has 19 heavy (non-hydrogen) atoms. The molecule has 0 saturated heterocycles. The molecule has 1 heterocycles. The van der Waals surface area contributed by atoms with Crippen LogP contribution in [0.1, 0.15) is 12.8 Å². The molecule has 0 bridgehead atoms. The Hall–Kier alpha value is -2.35. The van der Waals surface area contributed by atoms with Crippen LogP contribution in [0.25, 0.3) is 11.4 Å². The minimum Gasteiger partial charge on any atom is -0.370 e. The van der Waals surface area contributed by atoms with E-state index in [0.29, 0.717) is 0 Å². The maximum atomic E-state index is 13.2. The zero-order valence-corrected chi connectivity index (χ0v) is 10.1. The van der Waals surface area contributed by atoms with Crippen LogP contribution in [0.4, 0.5) is 8.78 Å². The number of carbonyl (C=O) groups excluding carboxylic acids is 1. The Labute approximate surface area is 107 Å². The highest BCUT2D eigenvalue weighted by Gasteiger charge is 2.12. The fourth-order valence-electron chi connectivity index (χ4n) is 1.12. The molecule has 102 valence electrons. The van der Waals surface area contributed by atoms with Crippen molar-refractivity contribution in [2.24, 2.45) is 11.5 Å². The first-order valence-electron chi connectivity index (χ1n) is 5.18. The Morgan fingerprint density at radius 2 is 2.05 bits per heavy atom. The number of rotatable bonds is 2. The zero-order chi connectivity index (χ0) is 14.4. The number of hydrogen-bond donors (Lipinski definition) is 2. The van der Waals surface area contributed by atoms with Crippen molar-refractivity contribution < 1.29 is 18.1 Å². The highest BCUT2D eigenvalue weighted by molar-refractivity contribution is 5.70. The molecular formula is C11H12F2N4O2. The van der Waals surface area contributed by atoms with Gasteiger partial charge in [-0.1, -0.05) is 5.16 Å². The van der Waals surface area contributed by atoms with E-state index in [-0.39, 0.29) is 29.7 Å². The molecule has 0 aliphatic carbocycles. The molecule has 1 amide bonds. The highest BCUT2D eigenvalue weighted by Crippen LogP contribution is 2.20. The predicted molar refractivity (Wildman–Crippen MR) is 62.4 cm³/mol. The molecule has 1 aromatic carbocycles. The molecule has 0 atom stereocenters. The Balaban J connectivity index is 0.000000399. The van der Waals surface area contributed by atoms with Gasteiger partial charge in [-0.2, -0.15) is 4.98 Å². The van der Waals surface area contributed by atoms with Gasteiger partial charge in [-0.15, -0.1) is 0 Å². The van der Waals surface area contributed by atoms with Crippen LogP contribution < -0.4 is 11.5 Å². The number of nitrogens with zero attached hydrogens (tertiary/aromatic N) is 2. The molecule has 1 aromatic heterocycles. The van der Waals surface area contributed by atoms with Crippen LogP contribution in [0.2, 0.25) is 0 Å². The van der Waals surface area contributed by atoms with E-state index in [1.807, 2.05) is 0 Å². The van der Waals surface area contributed by atoms with Crippen molar-refractivity contribution in [3.05, 3.63) is 35.7 Å². The van der Waals surface area contributed by atoms with Crippen molar-refractivity contribution in [3.8, 4) is 11.4 Å². The van der Waals surface area contributed by atoms with Gasteiger partial charge >= 0.3 is 0 Å². The number of amides is 1. The maximum Gasteiger partial charge on any atom is 0.240 e. The van der Waals surface area contributed by atoms with E-state index in [1.165, 1.54) is 6.92 Å². The number of carbonyl (C=O) groups is 1. The van der Waals surface area contributed by atoms with E-state index >= 15 is 0 Å². The molecule has 0 aliphatic rings. The van der Waals surface area contributed by atoms with Crippen LogP contribution in [-0.2, 0) is 11.3 Å². The van der Waals surface area contributed by atoms with Crippen LogP contribution in [0.15, 0.2) is 22.7 Å². The maximum absolute atomic E-state index is 13.2. The van der Waals surface area contributed by atoms with Crippen LogP contribution in [0.3, 0.4) is 0 Å². The average Bonchev–Trinajstić information content (AvgIpc) is 2.80. The summed E-state index contributed by atoms with van der Waals surface area (Å²) in [5.41, 5.74) is 9.67. The summed E-state index contributed by atoms with van der Waals surface area (Å²) in [4.78, 5) is 13.0. The van der Waals surface area contributed by atoms with Crippen LogP contribution in [0, 0.1) is 11.6 Å². The lowest BCUT2D eigenvalue weighted by atomic mass is 10.2. The van der Waals surface area contributed by atoms with E-state index in [2.05, 4.69) is 20.4 Å². The number of nitrogens with two attached hydrogens (primary N) is 2. The standard InChI is InChI=1S/C9H7F2N3O.C2H5NO/c10-5-1-2-7(11)6(3-5)9-13-8(4-12)15-14-9;1-2(3)4/h1-3H,4,12H2;1H3,(H2,3,4). The smallest absolute Gasteiger partial charge is 0.240 e. The topological polar surface area (TPSA) is 108 Å². The van der Waals surface area contributed by atoms with Gasteiger partial charge < -0.3 is 16.0 Å². The molecule has 4 N–H and O–H groups in total. The first kappa shape index (κ1) is 14.7. The van der Waals surface area contributed by atoms with E-state index in [4.69, 9.17) is 5.73 Å². The van der Waals surface area contributed by atoms with Crippen LogP contribution in [-0.4, -0.2) is 16.0 Å².